The second-order valence-corrected chi connectivity index (χ2v) is 7.66. The third-order valence-electron chi connectivity index (χ3n) is 4.95. The molecule has 1 aromatic carbocycles. The second kappa shape index (κ2) is 6.69. The lowest BCUT2D eigenvalue weighted by Crippen LogP contribution is -2.31. The van der Waals surface area contributed by atoms with Gasteiger partial charge in [0, 0.05) is 44.9 Å². The van der Waals surface area contributed by atoms with Gasteiger partial charge in [0.2, 0.25) is 0 Å². The Morgan fingerprint density at radius 1 is 1.35 bits per heavy atom. The molecule has 2 atom stereocenters. The molecule has 4 rings (SSSR count). The van der Waals surface area contributed by atoms with Crippen molar-refractivity contribution in [3.8, 4) is 0 Å². The summed E-state index contributed by atoms with van der Waals surface area (Å²) in [5, 5.41) is 23.1. The van der Waals surface area contributed by atoms with Crippen molar-refractivity contribution in [2.24, 2.45) is 18.9 Å². The quantitative estimate of drug-likeness (QED) is 0.632. The summed E-state index contributed by atoms with van der Waals surface area (Å²) < 4.78 is 1.69. The third-order valence-corrected chi connectivity index (χ3v) is 6.07. The standard InChI is InChI=1S/C16H18N6O3S/c1-20-9-18-19-16(20)26-14-3-2-10(4-13(14)22(24)25)15(23)21-7-11-5-17-6-12(11)8-21/h2-4,9,11-12,17H,5-8H2,1H3/t11-,12+. The summed E-state index contributed by atoms with van der Waals surface area (Å²) in [5.41, 5.74) is 0.261. The van der Waals surface area contributed by atoms with Crippen molar-refractivity contribution < 1.29 is 9.72 Å². The van der Waals surface area contributed by atoms with Crippen LogP contribution in [0.4, 0.5) is 5.69 Å². The predicted octanol–water partition coefficient (Wildman–Crippen LogP) is 1.17. The van der Waals surface area contributed by atoms with E-state index in [0.29, 0.717) is 40.5 Å². The van der Waals surface area contributed by atoms with Crippen LogP contribution in [-0.4, -0.2) is 56.7 Å². The highest BCUT2D eigenvalue weighted by Crippen LogP contribution is 2.35. The number of fused-ring (bicyclic) bond motifs is 1. The van der Waals surface area contributed by atoms with Crippen LogP contribution in [0.15, 0.2) is 34.6 Å². The Morgan fingerprint density at radius 3 is 2.69 bits per heavy atom. The summed E-state index contributed by atoms with van der Waals surface area (Å²) >= 11 is 1.16. The van der Waals surface area contributed by atoms with E-state index in [1.165, 1.54) is 12.4 Å². The van der Waals surface area contributed by atoms with Gasteiger partial charge in [-0.2, -0.15) is 0 Å². The maximum absolute atomic E-state index is 12.8. The number of nitrogens with zero attached hydrogens (tertiary/aromatic N) is 5. The zero-order valence-electron chi connectivity index (χ0n) is 14.2. The van der Waals surface area contributed by atoms with Gasteiger partial charge in [-0.1, -0.05) is 0 Å². The number of rotatable bonds is 4. The van der Waals surface area contributed by atoms with Crippen molar-refractivity contribution in [2.45, 2.75) is 10.1 Å². The minimum Gasteiger partial charge on any atom is -0.338 e. The van der Waals surface area contributed by atoms with E-state index < -0.39 is 4.92 Å². The molecule has 2 aliphatic heterocycles. The van der Waals surface area contributed by atoms with E-state index in [1.807, 2.05) is 4.90 Å². The molecule has 0 saturated carbocycles. The van der Waals surface area contributed by atoms with Crippen LogP contribution in [0.25, 0.3) is 0 Å². The molecule has 26 heavy (non-hydrogen) atoms. The number of aryl methyl sites for hydroxylation is 1. The minimum atomic E-state index is -0.460. The van der Waals surface area contributed by atoms with Gasteiger partial charge < -0.3 is 14.8 Å². The molecule has 9 nitrogen and oxygen atoms in total. The van der Waals surface area contributed by atoms with Crippen LogP contribution in [-0.2, 0) is 7.05 Å². The normalized spacial score (nSPS) is 21.8. The Balaban J connectivity index is 1.58. The lowest BCUT2D eigenvalue weighted by Gasteiger charge is -2.17. The molecule has 0 radical (unpaired) electrons. The van der Waals surface area contributed by atoms with Gasteiger partial charge >= 0.3 is 0 Å². The van der Waals surface area contributed by atoms with E-state index in [-0.39, 0.29) is 11.6 Å². The first-order valence-electron chi connectivity index (χ1n) is 8.33. The molecular weight excluding hydrogens is 356 g/mol. The van der Waals surface area contributed by atoms with E-state index >= 15 is 0 Å². The molecule has 136 valence electrons. The lowest BCUT2D eigenvalue weighted by atomic mass is 10.0. The summed E-state index contributed by atoms with van der Waals surface area (Å²) in [7, 11) is 1.77. The number of amides is 1. The zero-order valence-corrected chi connectivity index (χ0v) is 15.0. The number of benzene rings is 1. The Bertz CT molecular complexity index is 857. The number of carbonyl (C=O) groups excluding carboxylic acids is 1. The van der Waals surface area contributed by atoms with Crippen molar-refractivity contribution in [1.82, 2.24) is 25.0 Å². The first-order valence-corrected chi connectivity index (χ1v) is 9.15. The van der Waals surface area contributed by atoms with Crippen molar-refractivity contribution in [3.05, 3.63) is 40.2 Å². The number of likely N-dealkylation sites (tertiary alicyclic amines) is 1. The molecule has 1 N–H and O–H groups in total. The van der Waals surface area contributed by atoms with Gasteiger partial charge in [0.1, 0.15) is 6.33 Å². The van der Waals surface area contributed by atoms with E-state index in [9.17, 15) is 14.9 Å². The zero-order chi connectivity index (χ0) is 18.3. The average molecular weight is 374 g/mol. The van der Waals surface area contributed by atoms with Crippen molar-refractivity contribution in [1.29, 1.82) is 0 Å². The van der Waals surface area contributed by atoms with E-state index in [4.69, 9.17) is 0 Å². The fourth-order valence-corrected chi connectivity index (χ4v) is 4.40. The van der Waals surface area contributed by atoms with Crippen LogP contribution in [0.5, 0.6) is 0 Å². The number of nitro benzene ring substituents is 1. The van der Waals surface area contributed by atoms with E-state index in [2.05, 4.69) is 15.5 Å². The van der Waals surface area contributed by atoms with E-state index in [0.717, 1.165) is 24.9 Å². The summed E-state index contributed by atoms with van der Waals surface area (Å²) in [5.74, 6) is 0.831. The van der Waals surface area contributed by atoms with Gasteiger partial charge in [0.15, 0.2) is 5.16 Å². The average Bonchev–Trinajstić information content (AvgIpc) is 3.31. The number of nitro groups is 1. The highest BCUT2D eigenvalue weighted by molar-refractivity contribution is 7.99. The van der Waals surface area contributed by atoms with Crippen LogP contribution in [0.2, 0.25) is 0 Å². The van der Waals surface area contributed by atoms with Crippen molar-refractivity contribution in [3.63, 3.8) is 0 Å². The number of aromatic nitrogens is 3. The van der Waals surface area contributed by atoms with Gasteiger partial charge in [-0.25, -0.2) is 0 Å². The Kier molecular flexibility index (Phi) is 4.37. The molecule has 2 saturated heterocycles. The molecule has 3 heterocycles. The van der Waals surface area contributed by atoms with Crippen LogP contribution >= 0.6 is 11.8 Å². The lowest BCUT2D eigenvalue weighted by molar-refractivity contribution is -0.387. The van der Waals surface area contributed by atoms with Crippen LogP contribution < -0.4 is 5.32 Å². The largest absolute Gasteiger partial charge is 0.338 e. The molecule has 0 unspecified atom stereocenters. The maximum atomic E-state index is 12.8. The molecular formula is C16H18N6O3S. The molecule has 2 fully saturated rings. The summed E-state index contributed by atoms with van der Waals surface area (Å²) in [6.45, 7) is 3.28. The van der Waals surface area contributed by atoms with Crippen LogP contribution in [0, 0.1) is 22.0 Å². The predicted molar refractivity (Wildman–Crippen MR) is 94.0 cm³/mol. The molecule has 1 amide bonds. The smallest absolute Gasteiger partial charge is 0.284 e. The fraction of sp³-hybridized carbons (Fsp3) is 0.438. The van der Waals surface area contributed by atoms with Crippen molar-refractivity contribution >= 4 is 23.4 Å². The first-order chi connectivity index (χ1) is 12.5. The highest BCUT2D eigenvalue weighted by Gasteiger charge is 2.38. The first kappa shape index (κ1) is 17.0. The number of hydrogen-bond acceptors (Lipinski definition) is 7. The van der Waals surface area contributed by atoms with Crippen molar-refractivity contribution in [2.75, 3.05) is 26.2 Å². The molecule has 10 heteroatoms. The number of carbonyl (C=O) groups is 1. The Hall–Kier alpha value is -2.46. The van der Waals surface area contributed by atoms with Gasteiger partial charge in [-0.15, -0.1) is 10.2 Å². The van der Waals surface area contributed by atoms with Gasteiger partial charge in [-0.3, -0.25) is 14.9 Å². The molecule has 1 aromatic heterocycles. The fourth-order valence-electron chi connectivity index (χ4n) is 3.55. The van der Waals surface area contributed by atoms with E-state index in [1.54, 1.807) is 23.7 Å². The summed E-state index contributed by atoms with van der Waals surface area (Å²) in [6.07, 6.45) is 1.53. The Labute approximate surface area is 153 Å². The summed E-state index contributed by atoms with van der Waals surface area (Å²) in [4.78, 5) is 26.1. The number of nitrogens with one attached hydrogen (secondary N) is 1. The number of hydrogen-bond donors (Lipinski definition) is 1. The topological polar surface area (TPSA) is 106 Å². The highest BCUT2D eigenvalue weighted by atomic mass is 32.2. The molecule has 2 aliphatic rings. The van der Waals surface area contributed by atoms with Gasteiger partial charge in [0.05, 0.1) is 9.82 Å². The maximum Gasteiger partial charge on any atom is 0.284 e. The third kappa shape index (κ3) is 3.06. The van der Waals surface area contributed by atoms with Crippen LogP contribution in [0.3, 0.4) is 0 Å². The van der Waals surface area contributed by atoms with Gasteiger partial charge in [0.25, 0.3) is 11.6 Å². The molecule has 0 aliphatic carbocycles. The van der Waals surface area contributed by atoms with Crippen LogP contribution in [0.1, 0.15) is 10.4 Å². The second-order valence-electron chi connectivity index (χ2n) is 6.65. The van der Waals surface area contributed by atoms with Gasteiger partial charge in [-0.05, 0) is 35.7 Å². The summed E-state index contributed by atoms with van der Waals surface area (Å²) in [6, 6.07) is 4.64. The monoisotopic (exact) mass is 374 g/mol. The minimum absolute atomic E-state index is 0.0927. The molecule has 2 aromatic rings. The Morgan fingerprint density at radius 2 is 2.08 bits per heavy atom. The molecule has 0 spiro atoms. The SMILES string of the molecule is Cn1cnnc1Sc1ccc(C(=O)N2C[C@H]3CNC[C@H]3C2)cc1[N+](=O)[O-]. The molecule has 0 bridgehead atoms.